The maximum absolute atomic E-state index is 12.1. The van der Waals surface area contributed by atoms with E-state index in [1.165, 1.54) is 25.1 Å². The van der Waals surface area contributed by atoms with E-state index in [4.69, 9.17) is 0 Å². The van der Waals surface area contributed by atoms with Gasteiger partial charge in [0.05, 0.1) is 0 Å². The average Bonchev–Trinajstić information content (AvgIpc) is 2.59. The van der Waals surface area contributed by atoms with Crippen LogP contribution >= 0.6 is 0 Å². The fraction of sp³-hybridized carbons (Fsp3) is 0.389. The van der Waals surface area contributed by atoms with Crippen LogP contribution < -0.4 is 21.5 Å². The second-order valence-corrected chi connectivity index (χ2v) is 6.50. The van der Waals surface area contributed by atoms with Crippen LogP contribution in [0.2, 0.25) is 0 Å². The van der Waals surface area contributed by atoms with Crippen LogP contribution in [-0.4, -0.2) is 28.5 Å². The van der Waals surface area contributed by atoms with E-state index in [0.717, 1.165) is 29.3 Å². The van der Waals surface area contributed by atoms with E-state index in [9.17, 15) is 14.4 Å². The Labute approximate surface area is 145 Å². The van der Waals surface area contributed by atoms with Gasteiger partial charge in [-0.15, -0.1) is 0 Å². The topological polar surface area (TPSA) is 87.2 Å². The lowest BCUT2D eigenvalue weighted by molar-refractivity contribution is -0.116. The summed E-state index contributed by atoms with van der Waals surface area (Å²) in [5.41, 5.74) is 0.750. The van der Waals surface area contributed by atoms with E-state index >= 15 is 0 Å². The molecule has 0 bridgehead atoms. The summed E-state index contributed by atoms with van der Waals surface area (Å²) in [6, 6.07) is 8.93. The highest BCUT2D eigenvalue weighted by molar-refractivity contribution is 5.90. The number of hydrogen-bond acceptors (Lipinski definition) is 4. The van der Waals surface area contributed by atoms with Gasteiger partial charge in [0.15, 0.2) is 0 Å². The van der Waals surface area contributed by atoms with Gasteiger partial charge < -0.3 is 10.2 Å². The molecule has 2 N–H and O–H groups in total. The molecule has 0 radical (unpaired) electrons. The molecule has 1 saturated heterocycles. The van der Waals surface area contributed by atoms with Crippen molar-refractivity contribution >= 4 is 17.3 Å². The van der Waals surface area contributed by atoms with Crippen LogP contribution in [0, 0.1) is 5.92 Å². The van der Waals surface area contributed by atoms with Crippen LogP contribution in [0.1, 0.15) is 19.8 Å². The van der Waals surface area contributed by atoms with Gasteiger partial charge in [-0.05, 0) is 43.0 Å². The molecule has 2 aromatic rings. The van der Waals surface area contributed by atoms with Crippen LogP contribution in [0.3, 0.4) is 0 Å². The van der Waals surface area contributed by atoms with Gasteiger partial charge in [0.1, 0.15) is 6.54 Å². The van der Waals surface area contributed by atoms with Crippen molar-refractivity contribution in [3.63, 3.8) is 0 Å². The molecule has 0 saturated carbocycles. The first kappa shape index (κ1) is 17.0. The Bertz CT molecular complexity index is 846. The number of carbonyl (C=O) groups is 1. The highest BCUT2D eigenvalue weighted by atomic mass is 16.2. The number of piperidine rings is 1. The summed E-state index contributed by atoms with van der Waals surface area (Å²) in [6.45, 7) is 4.25. The molecule has 1 aromatic carbocycles. The number of benzene rings is 1. The number of rotatable bonds is 4. The van der Waals surface area contributed by atoms with E-state index in [1.807, 2.05) is 24.3 Å². The Balaban J connectivity index is 1.60. The standard InChI is InChI=1S/C18H22N4O3/c1-13-6-9-21(10-7-13)15-4-2-14(3-5-15)19-17(24)12-22-11-8-16(23)20-18(22)25/h2-5,8,11,13H,6-7,9-10,12H2,1H3,(H,19,24)(H,20,23,25). The normalized spacial score (nSPS) is 15.2. The van der Waals surface area contributed by atoms with Crippen LogP contribution in [0.15, 0.2) is 46.1 Å². The molecule has 2 heterocycles. The maximum Gasteiger partial charge on any atom is 0.328 e. The molecule has 0 unspecified atom stereocenters. The van der Waals surface area contributed by atoms with E-state index in [1.54, 1.807) is 0 Å². The molecular formula is C18H22N4O3. The maximum atomic E-state index is 12.1. The smallest absolute Gasteiger partial charge is 0.328 e. The van der Waals surface area contributed by atoms with Crippen molar-refractivity contribution in [3.05, 3.63) is 57.4 Å². The third kappa shape index (κ3) is 4.37. The summed E-state index contributed by atoms with van der Waals surface area (Å²) < 4.78 is 1.15. The quantitative estimate of drug-likeness (QED) is 0.879. The van der Waals surface area contributed by atoms with Gasteiger partial charge in [0.25, 0.3) is 5.56 Å². The first-order chi connectivity index (χ1) is 12.0. The SMILES string of the molecule is CC1CCN(c2ccc(NC(=O)Cn3ccc(=O)[nH]c3=O)cc2)CC1. The minimum Gasteiger partial charge on any atom is -0.372 e. The Morgan fingerprint density at radius 1 is 1.16 bits per heavy atom. The summed E-state index contributed by atoms with van der Waals surface area (Å²) >= 11 is 0. The number of H-pyrrole nitrogens is 1. The molecule has 0 aliphatic carbocycles. The Kier molecular flexibility index (Phi) is 5.02. The number of nitrogens with zero attached hydrogens (tertiary/aromatic N) is 2. The Morgan fingerprint density at radius 2 is 1.84 bits per heavy atom. The van der Waals surface area contributed by atoms with E-state index in [0.29, 0.717) is 5.69 Å². The van der Waals surface area contributed by atoms with Crippen LogP contribution in [-0.2, 0) is 11.3 Å². The molecule has 0 spiro atoms. The average molecular weight is 342 g/mol. The summed E-state index contributed by atoms with van der Waals surface area (Å²) in [5, 5.41) is 2.76. The summed E-state index contributed by atoms with van der Waals surface area (Å²) in [5.74, 6) is 0.458. The minimum atomic E-state index is -0.600. The lowest BCUT2D eigenvalue weighted by atomic mass is 9.99. The molecule has 1 fully saturated rings. The monoisotopic (exact) mass is 342 g/mol. The number of anilines is 2. The molecule has 132 valence electrons. The number of carbonyl (C=O) groups excluding carboxylic acids is 1. The highest BCUT2D eigenvalue weighted by Crippen LogP contribution is 2.24. The largest absolute Gasteiger partial charge is 0.372 e. The zero-order valence-electron chi connectivity index (χ0n) is 14.2. The van der Waals surface area contributed by atoms with Crippen molar-refractivity contribution in [1.29, 1.82) is 0 Å². The number of hydrogen-bond donors (Lipinski definition) is 2. The van der Waals surface area contributed by atoms with E-state index in [2.05, 4.69) is 22.1 Å². The summed E-state index contributed by atoms with van der Waals surface area (Å²) in [7, 11) is 0. The lowest BCUT2D eigenvalue weighted by Gasteiger charge is -2.32. The predicted octanol–water partition coefficient (Wildman–Crippen LogP) is 1.41. The third-order valence-electron chi connectivity index (χ3n) is 4.51. The van der Waals surface area contributed by atoms with Crippen molar-refractivity contribution in [1.82, 2.24) is 9.55 Å². The van der Waals surface area contributed by atoms with E-state index < -0.39 is 11.2 Å². The van der Waals surface area contributed by atoms with Crippen LogP contribution in [0.5, 0.6) is 0 Å². The fourth-order valence-corrected chi connectivity index (χ4v) is 2.95. The van der Waals surface area contributed by atoms with Gasteiger partial charge in [-0.25, -0.2) is 4.79 Å². The van der Waals surface area contributed by atoms with Gasteiger partial charge in [-0.2, -0.15) is 0 Å². The second kappa shape index (κ2) is 7.38. The van der Waals surface area contributed by atoms with Gasteiger partial charge in [0.2, 0.25) is 5.91 Å². The second-order valence-electron chi connectivity index (χ2n) is 6.50. The number of nitrogens with one attached hydrogen (secondary N) is 2. The minimum absolute atomic E-state index is 0.151. The van der Waals surface area contributed by atoms with Gasteiger partial charge >= 0.3 is 5.69 Å². The zero-order valence-corrected chi connectivity index (χ0v) is 14.2. The van der Waals surface area contributed by atoms with E-state index in [-0.39, 0.29) is 12.5 Å². The predicted molar refractivity (Wildman–Crippen MR) is 97.0 cm³/mol. The fourth-order valence-electron chi connectivity index (χ4n) is 2.95. The third-order valence-corrected chi connectivity index (χ3v) is 4.51. The van der Waals surface area contributed by atoms with Crippen LogP contribution in [0.4, 0.5) is 11.4 Å². The Morgan fingerprint density at radius 3 is 2.48 bits per heavy atom. The first-order valence-electron chi connectivity index (χ1n) is 8.46. The van der Waals surface area contributed by atoms with Crippen molar-refractivity contribution in [2.45, 2.75) is 26.3 Å². The number of aromatic nitrogens is 2. The van der Waals surface area contributed by atoms with Crippen LogP contribution in [0.25, 0.3) is 0 Å². The number of aromatic amines is 1. The molecule has 1 aromatic heterocycles. The molecule has 7 nitrogen and oxygen atoms in total. The van der Waals surface area contributed by atoms with Crippen molar-refractivity contribution < 1.29 is 4.79 Å². The molecular weight excluding hydrogens is 320 g/mol. The molecule has 7 heteroatoms. The summed E-state index contributed by atoms with van der Waals surface area (Å²) in [4.78, 5) is 39.2. The molecule has 1 aliphatic heterocycles. The molecule has 1 amide bonds. The number of amides is 1. The van der Waals surface area contributed by atoms with Gasteiger partial charge in [-0.1, -0.05) is 6.92 Å². The van der Waals surface area contributed by atoms with Gasteiger partial charge in [-0.3, -0.25) is 19.1 Å². The zero-order chi connectivity index (χ0) is 17.8. The summed E-state index contributed by atoms with van der Waals surface area (Å²) in [6.07, 6.45) is 3.71. The van der Waals surface area contributed by atoms with Crippen molar-refractivity contribution in [3.8, 4) is 0 Å². The van der Waals surface area contributed by atoms with Gasteiger partial charge in [0, 0.05) is 36.7 Å². The molecule has 25 heavy (non-hydrogen) atoms. The lowest BCUT2D eigenvalue weighted by Crippen LogP contribution is -2.33. The van der Waals surface area contributed by atoms with Crippen molar-refractivity contribution in [2.75, 3.05) is 23.3 Å². The highest BCUT2D eigenvalue weighted by Gasteiger charge is 2.16. The molecule has 0 atom stereocenters. The molecule has 1 aliphatic rings. The first-order valence-corrected chi connectivity index (χ1v) is 8.46. The molecule has 3 rings (SSSR count). The Hall–Kier alpha value is -2.83. The van der Waals surface area contributed by atoms with Crippen molar-refractivity contribution in [2.24, 2.45) is 5.92 Å².